The Morgan fingerprint density at radius 1 is 1.36 bits per heavy atom. The minimum atomic E-state index is -4.80. The zero-order valence-corrected chi connectivity index (χ0v) is 7.34. The number of nitrogens with zero attached hydrogens (tertiary/aromatic N) is 1. The highest BCUT2D eigenvalue weighted by Crippen LogP contribution is 2.33. The molecular weight excluding hydrogens is 223 g/mol. The zero-order chi connectivity index (χ0) is 10.9. The van der Waals surface area contributed by atoms with Crippen molar-refractivity contribution in [2.75, 3.05) is 0 Å². The predicted octanol–water partition coefficient (Wildman–Crippen LogP) is 2.04. The average molecular weight is 228 g/mol. The summed E-state index contributed by atoms with van der Waals surface area (Å²) in [5, 5.41) is 17.1. The van der Waals surface area contributed by atoms with E-state index in [9.17, 15) is 13.2 Å². The number of alkyl halides is 3. The second-order valence-corrected chi connectivity index (χ2v) is 2.85. The lowest BCUT2D eigenvalue weighted by Gasteiger charge is -2.13. The van der Waals surface area contributed by atoms with Crippen molar-refractivity contribution in [2.45, 2.75) is 12.3 Å². The van der Waals surface area contributed by atoms with Crippen molar-refractivity contribution in [1.29, 1.82) is 0 Å². The van der Waals surface area contributed by atoms with Gasteiger partial charge in [0.15, 0.2) is 17.0 Å². The number of hydrogen-bond acceptors (Lipinski definition) is 3. The van der Waals surface area contributed by atoms with E-state index in [0.717, 1.165) is 12.1 Å². The third-order valence-corrected chi connectivity index (χ3v) is 1.72. The van der Waals surface area contributed by atoms with Crippen molar-refractivity contribution in [3.05, 3.63) is 23.0 Å². The highest BCUT2D eigenvalue weighted by molar-refractivity contribution is 6.30. The standard InChI is InChI=1S/C7H5ClF3NO2/c8-6-4(13)2-1-3(12-6)5(14)7(9,10)11/h1-2,5,13-14H. The third-order valence-electron chi connectivity index (χ3n) is 1.44. The van der Waals surface area contributed by atoms with Gasteiger partial charge < -0.3 is 10.2 Å². The first-order valence-corrected chi connectivity index (χ1v) is 3.80. The lowest BCUT2D eigenvalue weighted by atomic mass is 10.2. The fourth-order valence-corrected chi connectivity index (χ4v) is 0.922. The lowest BCUT2D eigenvalue weighted by molar-refractivity contribution is -0.207. The quantitative estimate of drug-likeness (QED) is 0.722. The fraction of sp³-hybridized carbons (Fsp3) is 0.286. The summed E-state index contributed by atoms with van der Waals surface area (Å²) in [6.45, 7) is 0. The van der Waals surface area contributed by atoms with Crippen LogP contribution in [0.4, 0.5) is 13.2 Å². The molecule has 0 fully saturated rings. The SMILES string of the molecule is Oc1ccc(C(O)C(F)(F)F)nc1Cl. The van der Waals surface area contributed by atoms with Gasteiger partial charge in [0.1, 0.15) is 0 Å². The molecule has 0 bridgehead atoms. The summed E-state index contributed by atoms with van der Waals surface area (Å²) in [5.41, 5.74) is -0.652. The first-order chi connectivity index (χ1) is 6.32. The smallest absolute Gasteiger partial charge is 0.420 e. The Hall–Kier alpha value is -1.01. The number of aliphatic hydroxyl groups is 1. The maximum absolute atomic E-state index is 12.0. The number of aliphatic hydroxyl groups excluding tert-OH is 1. The summed E-state index contributed by atoms with van der Waals surface area (Å²) in [5.74, 6) is -0.440. The lowest BCUT2D eigenvalue weighted by Crippen LogP contribution is -2.21. The predicted molar refractivity (Wildman–Crippen MR) is 41.9 cm³/mol. The number of halogens is 4. The first-order valence-electron chi connectivity index (χ1n) is 3.42. The van der Waals surface area contributed by atoms with Crippen LogP contribution in [-0.2, 0) is 0 Å². The topological polar surface area (TPSA) is 53.4 Å². The van der Waals surface area contributed by atoms with Crippen molar-refractivity contribution in [3.63, 3.8) is 0 Å². The van der Waals surface area contributed by atoms with Crippen molar-refractivity contribution < 1.29 is 23.4 Å². The Morgan fingerprint density at radius 2 is 1.93 bits per heavy atom. The van der Waals surface area contributed by atoms with E-state index in [-0.39, 0.29) is 0 Å². The molecule has 1 aromatic heterocycles. The van der Waals surface area contributed by atoms with Crippen LogP contribution in [0.15, 0.2) is 12.1 Å². The monoisotopic (exact) mass is 227 g/mol. The molecule has 1 heterocycles. The van der Waals surface area contributed by atoms with E-state index in [1.54, 1.807) is 0 Å². The number of aromatic nitrogens is 1. The zero-order valence-electron chi connectivity index (χ0n) is 6.59. The first kappa shape index (κ1) is 11.1. The summed E-state index contributed by atoms with van der Waals surface area (Å²) in [6, 6.07) is 1.78. The number of rotatable bonds is 1. The average Bonchev–Trinajstić information content (AvgIpc) is 2.07. The highest BCUT2D eigenvalue weighted by Gasteiger charge is 2.40. The van der Waals surface area contributed by atoms with E-state index in [0.29, 0.717) is 0 Å². The Morgan fingerprint density at radius 3 is 2.36 bits per heavy atom. The van der Waals surface area contributed by atoms with Crippen LogP contribution in [0.2, 0.25) is 5.15 Å². The maximum Gasteiger partial charge on any atom is 0.420 e. The Balaban J connectivity index is 3.03. The molecule has 14 heavy (non-hydrogen) atoms. The molecule has 1 rings (SSSR count). The molecule has 7 heteroatoms. The molecule has 3 nitrogen and oxygen atoms in total. The molecule has 1 unspecified atom stereocenters. The van der Waals surface area contributed by atoms with Gasteiger partial charge in [-0.1, -0.05) is 11.6 Å². The van der Waals surface area contributed by atoms with Gasteiger partial charge in [-0.2, -0.15) is 13.2 Å². The largest absolute Gasteiger partial charge is 0.505 e. The van der Waals surface area contributed by atoms with E-state index in [2.05, 4.69) is 4.98 Å². The van der Waals surface area contributed by atoms with Crippen molar-refractivity contribution in [3.8, 4) is 5.75 Å². The van der Waals surface area contributed by atoms with Crippen molar-refractivity contribution in [2.24, 2.45) is 0 Å². The minimum absolute atomic E-state index is 0.440. The van der Waals surface area contributed by atoms with Gasteiger partial charge in [-0.05, 0) is 12.1 Å². The summed E-state index contributed by atoms with van der Waals surface area (Å²) >= 11 is 5.27. The number of aromatic hydroxyl groups is 1. The van der Waals surface area contributed by atoms with Gasteiger partial charge in [0, 0.05) is 0 Å². The van der Waals surface area contributed by atoms with Crippen LogP contribution >= 0.6 is 11.6 Å². The number of hydrogen-bond donors (Lipinski definition) is 2. The van der Waals surface area contributed by atoms with Crippen LogP contribution in [0, 0.1) is 0 Å². The summed E-state index contributed by atoms with van der Waals surface area (Å²) < 4.78 is 35.9. The maximum atomic E-state index is 12.0. The molecule has 0 spiro atoms. The van der Waals surface area contributed by atoms with E-state index in [1.807, 2.05) is 0 Å². The van der Waals surface area contributed by atoms with Gasteiger partial charge in [0.2, 0.25) is 0 Å². The number of pyridine rings is 1. The normalized spacial score (nSPS) is 14.1. The van der Waals surface area contributed by atoms with Crippen LogP contribution in [0.25, 0.3) is 0 Å². The molecule has 0 saturated carbocycles. The molecule has 0 aromatic carbocycles. The molecule has 2 N–H and O–H groups in total. The van der Waals surface area contributed by atoms with Gasteiger partial charge >= 0.3 is 6.18 Å². The Labute approximate surface area is 81.8 Å². The second kappa shape index (κ2) is 3.62. The summed E-state index contributed by atoms with van der Waals surface area (Å²) in [7, 11) is 0. The van der Waals surface area contributed by atoms with Gasteiger partial charge in [0.25, 0.3) is 0 Å². The van der Waals surface area contributed by atoms with Crippen LogP contribution in [-0.4, -0.2) is 21.4 Å². The molecular formula is C7H5ClF3NO2. The third kappa shape index (κ3) is 2.27. The van der Waals surface area contributed by atoms with Gasteiger partial charge in [-0.3, -0.25) is 0 Å². The van der Waals surface area contributed by atoms with Crippen LogP contribution in [0.3, 0.4) is 0 Å². The van der Waals surface area contributed by atoms with E-state index >= 15 is 0 Å². The summed E-state index contributed by atoms with van der Waals surface area (Å²) in [4.78, 5) is 3.18. The highest BCUT2D eigenvalue weighted by atomic mass is 35.5. The van der Waals surface area contributed by atoms with Crippen molar-refractivity contribution >= 4 is 11.6 Å². The Kier molecular flexibility index (Phi) is 2.86. The van der Waals surface area contributed by atoms with Gasteiger partial charge in [-0.15, -0.1) is 0 Å². The molecule has 1 atom stereocenters. The molecule has 0 amide bonds. The molecule has 0 aliphatic heterocycles. The second-order valence-electron chi connectivity index (χ2n) is 2.49. The van der Waals surface area contributed by atoms with Gasteiger partial charge in [0.05, 0.1) is 5.69 Å². The van der Waals surface area contributed by atoms with Crippen LogP contribution < -0.4 is 0 Å². The van der Waals surface area contributed by atoms with E-state index in [4.69, 9.17) is 21.8 Å². The Bertz CT molecular complexity index is 342. The van der Waals surface area contributed by atoms with Gasteiger partial charge in [-0.25, -0.2) is 4.98 Å². The molecule has 78 valence electrons. The molecule has 0 aliphatic rings. The van der Waals surface area contributed by atoms with E-state index in [1.165, 1.54) is 0 Å². The fourth-order valence-electron chi connectivity index (χ4n) is 0.761. The molecule has 0 aliphatic carbocycles. The molecule has 0 radical (unpaired) electrons. The minimum Gasteiger partial charge on any atom is -0.505 e. The molecule has 0 saturated heterocycles. The van der Waals surface area contributed by atoms with Crippen LogP contribution in [0.1, 0.15) is 11.8 Å². The molecule has 1 aromatic rings. The van der Waals surface area contributed by atoms with E-state index < -0.39 is 28.9 Å². The summed E-state index contributed by atoms with van der Waals surface area (Å²) in [6.07, 6.45) is -7.49. The van der Waals surface area contributed by atoms with Crippen LogP contribution in [0.5, 0.6) is 5.75 Å². The van der Waals surface area contributed by atoms with Crippen molar-refractivity contribution in [1.82, 2.24) is 4.98 Å².